The second-order valence-corrected chi connectivity index (χ2v) is 10.6. The number of hydrogen-bond donors (Lipinski definition) is 1. The van der Waals surface area contributed by atoms with Gasteiger partial charge in [0.1, 0.15) is 12.4 Å². The summed E-state index contributed by atoms with van der Waals surface area (Å²) in [5.74, 6) is 0. The summed E-state index contributed by atoms with van der Waals surface area (Å²) in [6.45, 7) is 10.2. The van der Waals surface area contributed by atoms with Gasteiger partial charge in [0.25, 0.3) is 0 Å². The standard InChI is InChI=1S/C13H13N3O2.C10H6N3O.2C2H6.CH3.Sn/c1-9-10-4-3-6-14-12(10)16-11(9)5-7-15(8-18-2)13(16)17;14-10-12-5-3-8-6-7-2-1-4-11-9(7)13(8)10;2*1-2;;/h3-7H,8H2,1-2H3;1-5H,(H,12,14);2*1-2H3;1H3;. The van der Waals surface area contributed by atoms with E-state index in [1.807, 2.05) is 65.0 Å². The van der Waals surface area contributed by atoms with E-state index in [2.05, 4.69) is 26.0 Å². The number of rotatable bonds is 3. The van der Waals surface area contributed by atoms with E-state index in [-0.39, 0.29) is 18.1 Å². The minimum atomic E-state index is -0.616. The SMILES string of the molecule is CC.CC.COCn1ccc2c(C)c3cccnc3n2c1=O.[CH3][Sn][c]1c2cccnc2n2c(=O)[nH]ccc12. The first-order valence-electron chi connectivity index (χ1n) is 12.7. The molecular weight excluding hydrogens is 587 g/mol. The van der Waals surface area contributed by atoms with Crippen LogP contribution in [-0.2, 0) is 11.5 Å². The molecule has 0 spiro atoms. The van der Waals surface area contributed by atoms with Crippen molar-refractivity contribution in [2.45, 2.75) is 46.3 Å². The molecule has 0 aliphatic heterocycles. The van der Waals surface area contributed by atoms with Gasteiger partial charge in [0.15, 0.2) is 0 Å². The average molecular weight is 621 g/mol. The van der Waals surface area contributed by atoms with Crippen molar-refractivity contribution in [3.63, 3.8) is 0 Å². The number of hydrogen-bond acceptors (Lipinski definition) is 5. The van der Waals surface area contributed by atoms with Crippen LogP contribution in [-0.4, -0.2) is 56.6 Å². The number of nitrogens with zero attached hydrogens (tertiary/aromatic N) is 5. The predicted octanol–water partition coefficient (Wildman–Crippen LogP) is 4.17. The van der Waals surface area contributed by atoms with Gasteiger partial charge in [-0.25, -0.2) is 14.2 Å². The van der Waals surface area contributed by atoms with E-state index >= 15 is 0 Å². The summed E-state index contributed by atoms with van der Waals surface area (Å²) in [5.41, 5.74) is 4.20. The van der Waals surface area contributed by atoms with E-state index in [4.69, 9.17) is 4.74 Å². The van der Waals surface area contributed by atoms with E-state index < -0.39 is 21.1 Å². The monoisotopic (exact) mass is 622 g/mol. The van der Waals surface area contributed by atoms with E-state index in [0.29, 0.717) is 5.65 Å². The second kappa shape index (κ2) is 13.4. The Kier molecular flexibility index (Phi) is 10.3. The van der Waals surface area contributed by atoms with Crippen LogP contribution in [0.25, 0.3) is 33.1 Å². The van der Waals surface area contributed by atoms with Crippen molar-refractivity contribution in [1.29, 1.82) is 0 Å². The molecule has 0 saturated heterocycles. The molecule has 0 aliphatic carbocycles. The molecule has 0 saturated carbocycles. The van der Waals surface area contributed by atoms with Gasteiger partial charge in [-0.3, -0.25) is 4.57 Å². The Hall–Kier alpha value is -3.44. The molecule has 6 aromatic rings. The second-order valence-electron chi connectivity index (χ2n) is 7.71. The molecule has 0 atom stereocenters. The first-order chi connectivity index (χ1) is 18.6. The van der Waals surface area contributed by atoms with Gasteiger partial charge in [0, 0.05) is 24.9 Å². The molecule has 198 valence electrons. The first kappa shape index (κ1) is 29.1. The number of methoxy groups -OCH3 is 1. The number of nitrogens with one attached hydrogen (secondary N) is 1. The van der Waals surface area contributed by atoms with E-state index in [1.54, 1.807) is 40.7 Å². The summed E-state index contributed by atoms with van der Waals surface area (Å²) in [6.07, 6.45) is 6.87. The molecule has 9 nitrogen and oxygen atoms in total. The molecule has 0 unspecified atom stereocenters. The van der Waals surface area contributed by atoms with Gasteiger partial charge in [-0.05, 0) is 30.7 Å². The first-order valence-corrected chi connectivity index (χ1v) is 16.9. The maximum atomic E-state index is 12.4. The van der Waals surface area contributed by atoms with Crippen molar-refractivity contribution in [1.82, 2.24) is 28.3 Å². The maximum absolute atomic E-state index is 12.4. The minimum absolute atomic E-state index is 0.111. The quantitative estimate of drug-likeness (QED) is 0.300. The molecule has 6 heterocycles. The Morgan fingerprint density at radius 3 is 2.16 bits per heavy atom. The normalized spacial score (nSPS) is 10.5. The topological polar surface area (TPSA) is 98.7 Å². The summed E-state index contributed by atoms with van der Waals surface area (Å²) in [5, 5.41) is 2.14. The Morgan fingerprint density at radius 1 is 0.895 bits per heavy atom. The van der Waals surface area contributed by atoms with Crippen LogP contribution in [0.15, 0.2) is 70.8 Å². The third-order valence-electron chi connectivity index (χ3n) is 5.81. The average Bonchev–Trinajstić information content (AvgIpc) is 3.46. The molecule has 38 heavy (non-hydrogen) atoms. The zero-order valence-electron chi connectivity index (χ0n) is 22.9. The number of aryl methyl sites for hydroxylation is 1. The molecule has 6 aromatic heterocycles. The van der Waals surface area contributed by atoms with Crippen molar-refractivity contribution in [2.24, 2.45) is 0 Å². The van der Waals surface area contributed by atoms with Gasteiger partial charge in [-0.1, -0.05) is 27.7 Å². The summed E-state index contributed by atoms with van der Waals surface area (Å²) in [4.78, 5) is 37.7. The van der Waals surface area contributed by atoms with Gasteiger partial charge >= 0.3 is 107 Å². The summed E-state index contributed by atoms with van der Waals surface area (Å²) in [7, 11) is 1.56. The van der Waals surface area contributed by atoms with Gasteiger partial charge < -0.3 is 4.74 Å². The molecule has 0 aromatic carbocycles. The third-order valence-corrected chi connectivity index (χ3v) is 8.74. The van der Waals surface area contributed by atoms with Crippen molar-refractivity contribution < 1.29 is 4.74 Å². The van der Waals surface area contributed by atoms with Gasteiger partial charge in [0.2, 0.25) is 0 Å². The molecule has 0 amide bonds. The van der Waals surface area contributed by atoms with Crippen molar-refractivity contribution in [3.05, 3.63) is 87.7 Å². The van der Waals surface area contributed by atoms with Crippen LogP contribution in [0.1, 0.15) is 33.3 Å². The summed E-state index contributed by atoms with van der Waals surface area (Å²) >= 11 is -0.616. The summed E-state index contributed by atoms with van der Waals surface area (Å²) in [6, 6.07) is 11.7. The number of aromatic nitrogens is 6. The molecule has 1 N–H and O–H groups in total. The van der Waals surface area contributed by atoms with E-state index in [1.165, 1.54) is 8.15 Å². The van der Waals surface area contributed by atoms with Crippen LogP contribution in [0.5, 0.6) is 0 Å². The van der Waals surface area contributed by atoms with Crippen LogP contribution in [0.3, 0.4) is 0 Å². The number of H-pyrrole nitrogens is 1. The molecule has 0 bridgehead atoms. The fourth-order valence-electron chi connectivity index (χ4n) is 4.29. The molecule has 2 radical (unpaired) electrons. The van der Waals surface area contributed by atoms with Crippen LogP contribution < -0.4 is 15.0 Å². The Balaban J connectivity index is 0.000000187. The van der Waals surface area contributed by atoms with Crippen LogP contribution in [0, 0.1) is 6.92 Å². The fraction of sp³-hybridized carbons (Fsp3) is 0.286. The molecule has 10 heteroatoms. The van der Waals surface area contributed by atoms with E-state index in [0.717, 1.165) is 33.0 Å². The number of aromatic amines is 1. The van der Waals surface area contributed by atoms with Gasteiger partial charge in [-0.2, -0.15) is 0 Å². The molecule has 0 aliphatic rings. The fourth-order valence-corrected chi connectivity index (χ4v) is 6.90. The number of pyridine rings is 2. The Morgan fingerprint density at radius 2 is 1.53 bits per heavy atom. The zero-order valence-corrected chi connectivity index (χ0v) is 25.8. The van der Waals surface area contributed by atoms with Gasteiger partial charge in [0.05, 0.1) is 5.52 Å². The molecule has 0 fully saturated rings. The third kappa shape index (κ3) is 5.25. The molecular formula is C28H34N6O3Sn. The van der Waals surface area contributed by atoms with E-state index in [9.17, 15) is 9.59 Å². The summed E-state index contributed by atoms with van der Waals surface area (Å²) < 4.78 is 11.2. The molecule has 6 rings (SSSR count). The van der Waals surface area contributed by atoms with Crippen LogP contribution >= 0.6 is 0 Å². The van der Waals surface area contributed by atoms with Crippen molar-refractivity contribution >= 4 is 57.8 Å². The predicted molar refractivity (Wildman–Crippen MR) is 156 cm³/mol. The zero-order chi connectivity index (χ0) is 27.8. The number of ether oxygens (including phenoxy) is 1. The van der Waals surface area contributed by atoms with Gasteiger partial charge in [-0.15, -0.1) is 0 Å². The number of fused-ring (bicyclic) bond motifs is 6. The van der Waals surface area contributed by atoms with Crippen LogP contribution in [0.4, 0.5) is 0 Å². The van der Waals surface area contributed by atoms with Crippen molar-refractivity contribution in [3.8, 4) is 0 Å². The Bertz CT molecular complexity index is 1780. The van der Waals surface area contributed by atoms with Crippen molar-refractivity contribution in [2.75, 3.05) is 7.11 Å². The van der Waals surface area contributed by atoms with Crippen LogP contribution in [0.2, 0.25) is 4.94 Å². The Labute approximate surface area is 231 Å².